The molecule has 1 aromatic rings. The lowest BCUT2D eigenvalue weighted by molar-refractivity contribution is -0.129. The normalized spacial score (nSPS) is 24.0. The molecule has 3 rings (SSSR count). The van der Waals surface area contributed by atoms with E-state index in [0.717, 1.165) is 25.9 Å². The van der Waals surface area contributed by atoms with Crippen LogP contribution in [0.2, 0.25) is 0 Å². The van der Waals surface area contributed by atoms with Crippen LogP contribution in [-0.4, -0.2) is 79.1 Å². The van der Waals surface area contributed by atoms with Crippen molar-refractivity contribution in [2.45, 2.75) is 31.7 Å². The second-order valence-corrected chi connectivity index (χ2v) is 7.49. The molecule has 0 aromatic heterocycles. The van der Waals surface area contributed by atoms with Crippen LogP contribution in [0.15, 0.2) is 24.3 Å². The van der Waals surface area contributed by atoms with Crippen molar-refractivity contribution in [3.05, 3.63) is 24.3 Å². The maximum Gasteiger partial charge on any atom is 0.322 e. The predicted octanol–water partition coefficient (Wildman–Crippen LogP) is 2.25. The Balaban J connectivity index is 1.72. The van der Waals surface area contributed by atoms with Gasteiger partial charge in [-0.2, -0.15) is 0 Å². The number of hydrogen-bond acceptors (Lipinski definition) is 4. The molecule has 1 N–H and O–H groups in total. The van der Waals surface area contributed by atoms with Gasteiger partial charge in [0.05, 0.1) is 12.3 Å². The third-order valence-electron chi connectivity index (χ3n) is 5.86. The maximum atomic E-state index is 12.9. The Kier molecular flexibility index (Phi) is 5.89. The molecule has 27 heavy (non-hydrogen) atoms. The molecule has 148 valence electrons. The van der Waals surface area contributed by atoms with E-state index >= 15 is 0 Å². The SMILES string of the molecule is CCOc1ccccc1NC(=O)N1CCN(C)C2(CCC(=O)N(C)CC2)C1. The van der Waals surface area contributed by atoms with Crippen molar-refractivity contribution < 1.29 is 14.3 Å². The Morgan fingerprint density at radius 2 is 1.96 bits per heavy atom. The Bertz CT molecular complexity index is 696. The molecule has 1 spiro atoms. The number of hydrogen-bond donors (Lipinski definition) is 1. The van der Waals surface area contributed by atoms with Crippen molar-refractivity contribution >= 4 is 17.6 Å². The van der Waals surface area contributed by atoms with Crippen LogP contribution in [0.25, 0.3) is 0 Å². The third-order valence-corrected chi connectivity index (χ3v) is 5.86. The van der Waals surface area contributed by atoms with E-state index in [1.165, 1.54) is 0 Å². The number of nitrogens with zero attached hydrogens (tertiary/aromatic N) is 3. The highest BCUT2D eigenvalue weighted by atomic mass is 16.5. The number of likely N-dealkylation sites (tertiary alicyclic amines) is 1. The van der Waals surface area contributed by atoms with Gasteiger partial charge in [0.2, 0.25) is 5.91 Å². The van der Waals surface area contributed by atoms with Crippen molar-refractivity contribution in [3.8, 4) is 5.75 Å². The lowest BCUT2D eigenvalue weighted by atomic mass is 9.86. The summed E-state index contributed by atoms with van der Waals surface area (Å²) in [4.78, 5) is 31.0. The summed E-state index contributed by atoms with van der Waals surface area (Å²) >= 11 is 0. The molecule has 0 radical (unpaired) electrons. The number of para-hydroxylation sites is 2. The van der Waals surface area contributed by atoms with Crippen LogP contribution in [0.1, 0.15) is 26.2 Å². The standard InChI is InChI=1S/C20H30N4O3/c1-4-27-17-8-6-5-7-16(17)21-19(26)24-14-13-23(3)20(15-24)10-9-18(25)22(2)12-11-20/h5-8H,4,9-15H2,1-3H3,(H,21,26). The molecular weight excluding hydrogens is 344 g/mol. The quantitative estimate of drug-likeness (QED) is 0.881. The first-order valence-corrected chi connectivity index (χ1v) is 9.68. The van der Waals surface area contributed by atoms with E-state index in [4.69, 9.17) is 4.74 Å². The second kappa shape index (κ2) is 8.17. The maximum absolute atomic E-state index is 12.9. The number of amides is 3. The fourth-order valence-corrected chi connectivity index (χ4v) is 3.98. The fourth-order valence-electron chi connectivity index (χ4n) is 3.98. The summed E-state index contributed by atoms with van der Waals surface area (Å²) in [6, 6.07) is 7.38. The number of benzene rings is 1. The number of urea groups is 1. The first kappa shape index (κ1) is 19.5. The molecule has 0 saturated carbocycles. The van der Waals surface area contributed by atoms with Crippen molar-refractivity contribution in [3.63, 3.8) is 0 Å². The molecule has 7 nitrogen and oxygen atoms in total. The zero-order valence-corrected chi connectivity index (χ0v) is 16.5. The van der Waals surface area contributed by atoms with Crippen molar-refractivity contribution in [2.24, 2.45) is 0 Å². The highest BCUT2D eigenvalue weighted by molar-refractivity contribution is 5.91. The summed E-state index contributed by atoms with van der Waals surface area (Å²) in [6.07, 6.45) is 2.19. The molecule has 7 heteroatoms. The predicted molar refractivity (Wildman–Crippen MR) is 105 cm³/mol. The van der Waals surface area contributed by atoms with Crippen LogP contribution in [0.4, 0.5) is 10.5 Å². The van der Waals surface area contributed by atoms with Crippen molar-refractivity contribution in [2.75, 3.05) is 52.2 Å². The van der Waals surface area contributed by atoms with E-state index in [1.807, 2.05) is 43.1 Å². The van der Waals surface area contributed by atoms with Crippen LogP contribution in [0.3, 0.4) is 0 Å². The zero-order chi connectivity index (χ0) is 19.4. The minimum Gasteiger partial charge on any atom is -0.492 e. The molecular formula is C20H30N4O3. The Morgan fingerprint density at radius 3 is 2.74 bits per heavy atom. The number of carbonyl (C=O) groups is 2. The fraction of sp³-hybridized carbons (Fsp3) is 0.600. The summed E-state index contributed by atoms with van der Waals surface area (Å²) < 4.78 is 5.61. The molecule has 2 heterocycles. The molecule has 2 aliphatic rings. The van der Waals surface area contributed by atoms with Gasteiger partial charge in [-0.05, 0) is 38.9 Å². The van der Waals surface area contributed by atoms with Gasteiger partial charge in [-0.15, -0.1) is 0 Å². The summed E-state index contributed by atoms with van der Waals surface area (Å²) in [5.41, 5.74) is 0.545. The highest BCUT2D eigenvalue weighted by Gasteiger charge is 2.43. The Labute approximate surface area is 161 Å². The summed E-state index contributed by atoms with van der Waals surface area (Å²) in [5.74, 6) is 0.867. The van der Waals surface area contributed by atoms with E-state index in [0.29, 0.717) is 37.6 Å². The van der Waals surface area contributed by atoms with Crippen LogP contribution >= 0.6 is 0 Å². The summed E-state index contributed by atoms with van der Waals surface area (Å²) in [5, 5.41) is 3.00. The largest absolute Gasteiger partial charge is 0.492 e. The smallest absolute Gasteiger partial charge is 0.322 e. The van der Waals surface area contributed by atoms with E-state index < -0.39 is 0 Å². The summed E-state index contributed by atoms with van der Waals surface area (Å²) in [6.45, 7) is 5.31. The van der Waals surface area contributed by atoms with E-state index in [2.05, 4.69) is 17.3 Å². The van der Waals surface area contributed by atoms with Crippen LogP contribution in [-0.2, 0) is 4.79 Å². The monoisotopic (exact) mass is 374 g/mol. The molecule has 1 aromatic carbocycles. The number of likely N-dealkylation sites (N-methyl/N-ethyl adjacent to an activating group) is 1. The Morgan fingerprint density at radius 1 is 1.19 bits per heavy atom. The Hall–Kier alpha value is -2.28. The van der Waals surface area contributed by atoms with E-state index in [9.17, 15) is 9.59 Å². The number of piperazine rings is 1. The molecule has 0 bridgehead atoms. The molecule has 2 aliphatic heterocycles. The van der Waals surface area contributed by atoms with Gasteiger partial charge in [0.1, 0.15) is 5.75 Å². The molecule has 1 unspecified atom stereocenters. The van der Waals surface area contributed by atoms with Gasteiger partial charge in [-0.25, -0.2) is 4.79 Å². The van der Waals surface area contributed by atoms with Gasteiger partial charge in [0, 0.05) is 45.2 Å². The number of ether oxygens (including phenoxy) is 1. The van der Waals surface area contributed by atoms with Crippen LogP contribution in [0, 0.1) is 0 Å². The van der Waals surface area contributed by atoms with Gasteiger partial charge in [-0.3, -0.25) is 9.69 Å². The first-order chi connectivity index (χ1) is 12.9. The van der Waals surface area contributed by atoms with E-state index in [1.54, 1.807) is 4.90 Å². The van der Waals surface area contributed by atoms with Gasteiger partial charge in [0.15, 0.2) is 0 Å². The average molecular weight is 374 g/mol. The lowest BCUT2D eigenvalue weighted by Crippen LogP contribution is -2.62. The van der Waals surface area contributed by atoms with Crippen molar-refractivity contribution in [1.29, 1.82) is 0 Å². The number of anilines is 1. The van der Waals surface area contributed by atoms with E-state index in [-0.39, 0.29) is 17.5 Å². The zero-order valence-electron chi connectivity index (χ0n) is 16.5. The lowest BCUT2D eigenvalue weighted by Gasteiger charge is -2.49. The van der Waals surface area contributed by atoms with Gasteiger partial charge >= 0.3 is 6.03 Å². The molecule has 2 saturated heterocycles. The molecule has 3 amide bonds. The summed E-state index contributed by atoms with van der Waals surface area (Å²) in [7, 11) is 3.97. The highest BCUT2D eigenvalue weighted by Crippen LogP contribution is 2.32. The number of nitrogens with one attached hydrogen (secondary N) is 1. The molecule has 1 atom stereocenters. The van der Waals surface area contributed by atoms with Crippen LogP contribution < -0.4 is 10.1 Å². The minimum absolute atomic E-state index is 0.112. The second-order valence-electron chi connectivity index (χ2n) is 7.49. The number of rotatable bonds is 3. The molecule has 2 fully saturated rings. The third kappa shape index (κ3) is 4.18. The average Bonchev–Trinajstić information content (AvgIpc) is 2.80. The van der Waals surface area contributed by atoms with Crippen molar-refractivity contribution in [1.82, 2.24) is 14.7 Å². The van der Waals surface area contributed by atoms with Gasteiger partial charge in [0.25, 0.3) is 0 Å². The van der Waals surface area contributed by atoms with Gasteiger partial charge in [-0.1, -0.05) is 12.1 Å². The van der Waals surface area contributed by atoms with Gasteiger partial charge < -0.3 is 19.9 Å². The molecule has 0 aliphatic carbocycles. The minimum atomic E-state index is -0.143. The van der Waals surface area contributed by atoms with Crippen LogP contribution in [0.5, 0.6) is 5.75 Å². The first-order valence-electron chi connectivity index (χ1n) is 9.68. The number of carbonyl (C=O) groups excluding carboxylic acids is 2. The topological polar surface area (TPSA) is 65.1 Å².